The van der Waals surface area contributed by atoms with Gasteiger partial charge < -0.3 is 9.84 Å². The van der Waals surface area contributed by atoms with Gasteiger partial charge in [-0.3, -0.25) is 5.32 Å². The van der Waals surface area contributed by atoms with Crippen molar-refractivity contribution in [3.63, 3.8) is 0 Å². The van der Waals surface area contributed by atoms with Crippen molar-refractivity contribution in [1.29, 1.82) is 0 Å². The molecule has 0 saturated heterocycles. The van der Waals surface area contributed by atoms with Crippen LogP contribution in [0.3, 0.4) is 0 Å². The monoisotopic (exact) mass is 175 g/mol. The van der Waals surface area contributed by atoms with Crippen LogP contribution in [0.4, 0.5) is 0 Å². The Balaban J connectivity index is 3.47. The Morgan fingerprint density at radius 2 is 1.92 bits per heavy atom. The molecule has 0 aliphatic rings. The molecule has 0 aliphatic carbocycles. The molecule has 0 amide bonds. The quantitative estimate of drug-likeness (QED) is 0.598. The minimum atomic E-state index is -0.817. The van der Waals surface area contributed by atoms with Gasteiger partial charge in [0.15, 0.2) is 0 Å². The maximum absolute atomic E-state index is 9.27. The Labute approximate surface area is 75.1 Å². The fourth-order valence-electron chi connectivity index (χ4n) is 0.676. The molecule has 0 aliphatic heterocycles. The lowest BCUT2D eigenvalue weighted by atomic mass is 10.1. The molecule has 0 fully saturated rings. The predicted molar refractivity (Wildman–Crippen MR) is 49.7 cm³/mol. The number of aliphatic hydroxyl groups is 1. The lowest BCUT2D eigenvalue weighted by molar-refractivity contribution is -0.159. The van der Waals surface area contributed by atoms with E-state index in [9.17, 15) is 5.11 Å². The molecule has 74 valence electrons. The standard InChI is InChI=1S/C9H21NO2/c1-5-6-10-9(11)12-8(4)7(2)3/h7-11H,5-6H2,1-4H3. The normalized spacial score (nSPS) is 16.5. The Kier molecular flexibility index (Phi) is 6.34. The summed E-state index contributed by atoms with van der Waals surface area (Å²) in [6.07, 6.45) is 0.267. The van der Waals surface area contributed by atoms with Gasteiger partial charge in [0.2, 0.25) is 6.41 Å². The van der Waals surface area contributed by atoms with Gasteiger partial charge in [-0.1, -0.05) is 20.8 Å². The van der Waals surface area contributed by atoms with E-state index in [4.69, 9.17) is 4.74 Å². The van der Waals surface area contributed by atoms with Crippen LogP contribution in [0.2, 0.25) is 0 Å². The third kappa shape index (κ3) is 5.52. The lowest BCUT2D eigenvalue weighted by Gasteiger charge is -2.21. The first kappa shape index (κ1) is 11.9. The molecule has 0 aromatic heterocycles. The van der Waals surface area contributed by atoms with E-state index in [1.165, 1.54) is 0 Å². The lowest BCUT2D eigenvalue weighted by Crippen LogP contribution is -2.36. The van der Waals surface area contributed by atoms with Crippen LogP contribution in [0.25, 0.3) is 0 Å². The Hall–Kier alpha value is -0.120. The van der Waals surface area contributed by atoms with Crippen LogP contribution in [0.5, 0.6) is 0 Å². The van der Waals surface area contributed by atoms with E-state index in [1.807, 2.05) is 13.8 Å². The number of aliphatic hydroxyl groups excluding tert-OH is 1. The van der Waals surface area contributed by atoms with Gasteiger partial charge in [-0.15, -0.1) is 0 Å². The van der Waals surface area contributed by atoms with Crippen LogP contribution in [0.1, 0.15) is 34.1 Å². The number of hydrogen-bond acceptors (Lipinski definition) is 3. The molecule has 12 heavy (non-hydrogen) atoms. The fourth-order valence-corrected chi connectivity index (χ4v) is 0.676. The molecule has 0 heterocycles. The summed E-state index contributed by atoms with van der Waals surface area (Å²) >= 11 is 0. The molecule has 0 rings (SSSR count). The summed E-state index contributed by atoms with van der Waals surface area (Å²) in [6, 6.07) is 0. The minimum Gasteiger partial charge on any atom is -0.356 e. The van der Waals surface area contributed by atoms with Gasteiger partial charge in [-0.05, 0) is 25.8 Å². The summed E-state index contributed by atoms with van der Waals surface area (Å²) in [7, 11) is 0. The second-order valence-corrected chi connectivity index (χ2v) is 3.39. The molecule has 2 N–H and O–H groups in total. The SMILES string of the molecule is CCCNC(O)OC(C)C(C)C. The van der Waals surface area contributed by atoms with E-state index in [-0.39, 0.29) is 6.10 Å². The molecule has 3 nitrogen and oxygen atoms in total. The second-order valence-electron chi connectivity index (χ2n) is 3.39. The maximum atomic E-state index is 9.27. The molecule has 0 saturated carbocycles. The van der Waals surface area contributed by atoms with Crippen molar-refractivity contribution in [2.75, 3.05) is 6.54 Å². The highest BCUT2D eigenvalue weighted by molar-refractivity contribution is 4.55. The first-order chi connectivity index (χ1) is 5.57. The predicted octanol–water partition coefficient (Wildman–Crippen LogP) is 1.32. The number of rotatable bonds is 6. The highest BCUT2D eigenvalue weighted by atomic mass is 16.6. The van der Waals surface area contributed by atoms with E-state index in [1.54, 1.807) is 0 Å². The van der Waals surface area contributed by atoms with Crippen molar-refractivity contribution >= 4 is 0 Å². The van der Waals surface area contributed by atoms with Crippen molar-refractivity contribution in [3.05, 3.63) is 0 Å². The van der Waals surface area contributed by atoms with Crippen molar-refractivity contribution in [2.24, 2.45) is 5.92 Å². The van der Waals surface area contributed by atoms with E-state index in [0.29, 0.717) is 5.92 Å². The van der Waals surface area contributed by atoms with Gasteiger partial charge >= 0.3 is 0 Å². The van der Waals surface area contributed by atoms with Crippen LogP contribution in [0, 0.1) is 5.92 Å². The van der Waals surface area contributed by atoms with Crippen LogP contribution < -0.4 is 5.32 Å². The summed E-state index contributed by atoms with van der Waals surface area (Å²) < 4.78 is 5.26. The molecule has 2 unspecified atom stereocenters. The third-order valence-corrected chi connectivity index (χ3v) is 1.85. The molecule has 0 radical (unpaired) electrons. The highest BCUT2D eigenvalue weighted by Crippen LogP contribution is 2.05. The number of nitrogens with one attached hydrogen (secondary N) is 1. The minimum absolute atomic E-state index is 0.0874. The Morgan fingerprint density at radius 3 is 2.33 bits per heavy atom. The molecule has 2 atom stereocenters. The van der Waals surface area contributed by atoms with Crippen LogP contribution in [0.15, 0.2) is 0 Å². The van der Waals surface area contributed by atoms with Crippen molar-refractivity contribution in [2.45, 2.75) is 46.6 Å². The van der Waals surface area contributed by atoms with Gasteiger partial charge in [-0.2, -0.15) is 0 Å². The highest BCUT2D eigenvalue weighted by Gasteiger charge is 2.11. The zero-order valence-corrected chi connectivity index (χ0v) is 8.50. The second kappa shape index (κ2) is 6.40. The fraction of sp³-hybridized carbons (Fsp3) is 1.00. The molecular weight excluding hydrogens is 154 g/mol. The summed E-state index contributed by atoms with van der Waals surface area (Å²) in [5, 5.41) is 12.1. The first-order valence-electron chi connectivity index (χ1n) is 4.64. The molecule has 3 heteroatoms. The average Bonchev–Trinajstić information content (AvgIpc) is 2.00. The zero-order chi connectivity index (χ0) is 9.56. The first-order valence-corrected chi connectivity index (χ1v) is 4.64. The largest absolute Gasteiger partial charge is 0.356 e. The van der Waals surface area contributed by atoms with Gasteiger partial charge in [0, 0.05) is 0 Å². The summed E-state index contributed by atoms with van der Waals surface area (Å²) in [5.41, 5.74) is 0. The molecule has 0 bridgehead atoms. The van der Waals surface area contributed by atoms with E-state index in [0.717, 1.165) is 13.0 Å². The molecule has 0 spiro atoms. The van der Waals surface area contributed by atoms with Gasteiger partial charge in [0.25, 0.3) is 0 Å². The average molecular weight is 175 g/mol. The maximum Gasteiger partial charge on any atom is 0.213 e. The van der Waals surface area contributed by atoms with E-state index in [2.05, 4.69) is 19.2 Å². The van der Waals surface area contributed by atoms with Gasteiger partial charge in [0.1, 0.15) is 0 Å². The summed E-state index contributed by atoms with van der Waals surface area (Å²) in [4.78, 5) is 0. The van der Waals surface area contributed by atoms with Gasteiger partial charge in [-0.25, -0.2) is 0 Å². The van der Waals surface area contributed by atoms with Crippen molar-refractivity contribution < 1.29 is 9.84 Å². The summed E-state index contributed by atoms with van der Waals surface area (Å²) in [5.74, 6) is 0.433. The summed E-state index contributed by atoms with van der Waals surface area (Å²) in [6.45, 7) is 8.92. The zero-order valence-electron chi connectivity index (χ0n) is 8.50. The Morgan fingerprint density at radius 1 is 1.33 bits per heavy atom. The van der Waals surface area contributed by atoms with Crippen molar-refractivity contribution in [1.82, 2.24) is 5.32 Å². The molecule has 0 aromatic rings. The third-order valence-electron chi connectivity index (χ3n) is 1.85. The van der Waals surface area contributed by atoms with Crippen molar-refractivity contribution in [3.8, 4) is 0 Å². The van der Waals surface area contributed by atoms with E-state index < -0.39 is 6.41 Å². The molecule has 0 aromatic carbocycles. The Bertz CT molecular complexity index is 107. The number of hydrogen-bond donors (Lipinski definition) is 2. The number of ether oxygens (including phenoxy) is 1. The topological polar surface area (TPSA) is 41.5 Å². The van der Waals surface area contributed by atoms with Gasteiger partial charge in [0.05, 0.1) is 6.10 Å². The van der Waals surface area contributed by atoms with Crippen LogP contribution >= 0.6 is 0 Å². The van der Waals surface area contributed by atoms with Crippen LogP contribution in [-0.4, -0.2) is 24.2 Å². The smallest absolute Gasteiger partial charge is 0.213 e. The van der Waals surface area contributed by atoms with E-state index >= 15 is 0 Å². The van der Waals surface area contributed by atoms with Crippen LogP contribution in [-0.2, 0) is 4.74 Å². The molecular formula is C9H21NO2.